The molecular formula is C18H19N5O2. The van der Waals surface area contributed by atoms with Crippen LogP contribution in [0.5, 0.6) is 11.6 Å². The van der Waals surface area contributed by atoms with E-state index >= 15 is 0 Å². The van der Waals surface area contributed by atoms with E-state index in [1.165, 1.54) is 6.33 Å². The summed E-state index contributed by atoms with van der Waals surface area (Å²) in [6.45, 7) is 3.30. The molecule has 0 radical (unpaired) electrons. The van der Waals surface area contributed by atoms with Crippen molar-refractivity contribution in [1.29, 1.82) is 5.26 Å². The van der Waals surface area contributed by atoms with Crippen molar-refractivity contribution in [3.63, 3.8) is 0 Å². The number of likely N-dealkylation sites (tertiary alicyclic amines) is 1. The summed E-state index contributed by atoms with van der Waals surface area (Å²) in [5, 5.41) is 8.94. The second-order valence-electron chi connectivity index (χ2n) is 5.71. The highest BCUT2D eigenvalue weighted by Gasteiger charge is 2.24. The van der Waals surface area contributed by atoms with Gasteiger partial charge in [0.2, 0.25) is 12.1 Å². The first-order valence-corrected chi connectivity index (χ1v) is 8.14. The van der Waals surface area contributed by atoms with Crippen LogP contribution in [0.2, 0.25) is 0 Å². The van der Waals surface area contributed by atoms with E-state index in [0.29, 0.717) is 30.7 Å². The lowest BCUT2D eigenvalue weighted by molar-refractivity contribution is 0.119. The molecule has 2 heterocycles. The molecule has 1 saturated heterocycles. The first-order valence-electron chi connectivity index (χ1n) is 8.14. The lowest BCUT2D eigenvalue weighted by Gasteiger charge is -2.32. The normalized spacial score (nSPS) is 15.5. The Hall–Kier alpha value is -3.14. The van der Waals surface area contributed by atoms with Gasteiger partial charge < -0.3 is 14.4 Å². The highest BCUT2D eigenvalue weighted by molar-refractivity contribution is 5.77. The Bertz CT molecular complexity index is 765. The van der Waals surface area contributed by atoms with Crippen molar-refractivity contribution in [3.8, 4) is 17.8 Å². The minimum atomic E-state index is 0.0746. The lowest BCUT2D eigenvalue weighted by Crippen LogP contribution is -2.44. The number of hydrogen-bond acceptors (Lipinski definition) is 6. The van der Waals surface area contributed by atoms with Gasteiger partial charge in [-0.25, -0.2) is 9.97 Å². The monoisotopic (exact) mass is 337 g/mol. The quantitative estimate of drug-likeness (QED) is 0.486. The van der Waals surface area contributed by atoms with Gasteiger partial charge in [-0.15, -0.1) is 4.99 Å². The number of aliphatic imine (C=N–C) groups is 1. The van der Waals surface area contributed by atoms with Gasteiger partial charge in [0.1, 0.15) is 18.2 Å². The molecule has 0 spiro atoms. The molecule has 2 aromatic rings. The smallest absolute Gasteiger partial charge is 0.308 e. The summed E-state index contributed by atoms with van der Waals surface area (Å²) in [6.07, 6.45) is 4.99. The molecule has 0 atom stereocenters. The van der Waals surface area contributed by atoms with E-state index < -0.39 is 0 Å². The van der Waals surface area contributed by atoms with Crippen molar-refractivity contribution in [1.82, 2.24) is 14.9 Å². The van der Waals surface area contributed by atoms with E-state index in [1.807, 2.05) is 54.4 Å². The number of benzene rings is 1. The van der Waals surface area contributed by atoms with Crippen LogP contribution in [0, 0.1) is 18.4 Å². The Kier molecular flexibility index (Phi) is 5.42. The SMILES string of the molecule is Cc1cc(OC2CCN(/C(=N/C#N)Oc3ccccc3)CC2)ncn1. The highest BCUT2D eigenvalue weighted by Crippen LogP contribution is 2.19. The minimum absolute atomic E-state index is 0.0746. The van der Waals surface area contributed by atoms with Gasteiger partial charge in [-0.2, -0.15) is 5.26 Å². The van der Waals surface area contributed by atoms with Crippen molar-refractivity contribution < 1.29 is 9.47 Å². The van der Waals surface area contributed by atoms with Crippen LogP contribution in [0.1, 0.15) is 18.5 Å². The van der Waals surface area contributed by atoms with Gasteiger partial charge in [0.05, 0.1) is 0 Å². The zero-order chi connectivity index (χ0) is 17.5. The fourth-order valence-electron chi connectivity index (χ4n) is 2.63. The highest BCUT2D eigenvalue weighted by atomic mass is 16.5. The molecule has 1 aromatic heterocycles. The van der Waals surface area contributed by atoms with Crippen LogP contribution in [0.4, 0.5) is 0 Å². The molecule has 3 rings (SSSR count). The first kappa shape index (κ1) is 16.7. The summed E-state index contributed by atoms with van der Waals surface area (Å²) in [7, 11) is 0. The molecular weight excluding hydrogens is 318 g/mol. The zero-order valence-corrected chi connectivity index (χ0v) is 14.0. The maximum Gasteiger partial charge on any atom is 0.308 e. The van der Waals surface area contributed by atoms with Crippen LogP contribution in [0.25, 0.3) is 0 Å². The third-order valence-corrected chi connectivity index (χ3v) is 3.88. The number of para-hydroxylation sites is 1. The Morgan fingerprint density at radius 2 is 2.00 bits per heavy atom. The van der Waals surface area contributed by atoms with Gasteiger partial charge in [-0.1, -0.05) is 18.2 Å². The maximum absolute atomic E-state index is 8.94. The number of rotatable bonds is 3. The largest absolute Gasteiger partial charge is 0.474 e. The predicted octanol–water partition coefficient (Wildman–Crippen LogP) is 2.54. The van der Waals surface area contributed by atoms with Gasteiger partial charge in [0, 0.05) is 37.7 Å². The summed E-state index contributed by atoms with van der Waals surface area (Å²) >= 11 is 0. The molecule has 1 fully saturated rings. The second kappa shape index (κ2) is 8.11. The van der Waals surface area contributed by atoms with Crippen LogP contribution in [-0.2, 0) is 0 Å². The summed E-state index contributed by atoms with van der Waals surface area (Å²) in [6, 6.07) is 11.5. The number of nitrogens with zero attached hydrogens (tertiary/aromatic N) is 5. The standard InChI is InChI=1S/C18H19N5O2/c1-14-11-17(22-13-21-14)24-16-7-9-23(10-8-16)18(20-12-19)25-15-5-3-2-4-6-15/h2-6,11,13,16H,7-10H2,1H3/b20-18-. The van der Waals surface area contributed by atoms with Gasteiger partial charge in [-0.05, 0) is 19.1 Å². The Morgan fingerprint density at radius 3 is 2.68 bits per heavy atom. The van der Waals surface area contributed by atoms with Crippen LogP contribution < -0.4 is 9.47 Å². The Balaban J connectivity index is 1.58. The summed E-state index contributed by atoms with van der Waals surface area (Å²) in [4.78, 5) is 14.0. The molecule has 1 aliphatic rings. The molecule has 0 saturated carbocycles. The molecule has 0 N–H and O–H groups in total. The van der Waals surface area contributed by atoms with Crippen LogP contribution in [0.3, 0.4) is 0 Å². The lowest BCUT2D eigenvalue weighted by atomic mass is 10.1. The average Bonchev–Trinajstić information content (AvgIpc) is 2.63. The molecule has 128 valence electrons. The molecule has 1 aliphatic heterocycles. The number of hydrogen-bond donors (Lipinski definition) is 0. The van der Waals surface area contributed by atoms with Gasteiger partial charge in [0.25, 0.3) is 0 Å². The second-order valence-corrected chi connectivity index (χ2v) is 5.71. The van der Waals surface area contributed by atoms with Crippen molar-refractivity contribution >= 4 is 6.02 Å². The first-order chi connectivity index (χ1) is 12.2. The average molecular weight is 337 g/mol. The topological polar surface area (TPSA) is 83.6 Å². The number of aromatic nitrogens is 2. The van der Waals surface area contributed by atoms with E-state index in [4.69, 9.17) is 14.7 Å². The van der Waals surface area contributed by atoms with Crippen LogP contribution in [0.15, 0.2) is 47.7 Å². The van der Waals surface area contributed by atoms with E-state index in [1.54, 1.807) is 0 Å². The van der Waals surface area contributed by atoms with Crippen LogP contribution >= 0.6 is 0 Å². The Labute approximate surface area is 146 Å². The van der Waals surface area contributed by atoms with Gasteiger partial charge in [-0.3, -0.25) is 0 Å². The molecule has 0 amide bonds. The number of ether oxygens (including phenoxy) is 2. The fraction of sp³-hybridized carbons (Fsp3) is 0.333. The van der Waals surface area contributed by atoms with E-state index in [-0.39, 0.29) is 6.10 Å². The number of nitriles is 1. The third kappa shape index (κ3) is 4.67. The summed E-state index contributed by atoms with van der Waals surface area (Å²) in [5.41, 5.74) is 0.877. The van der Waals surface area contributed by atoms with Gasteiger partial charge in [0.15, 0.2) is 0 Å². The predicted molar refractivity (Wildman–Crippen MR) is 92.1 cm³/mol. The molecule has 7 nitrogen and oxygen atoms in total. The molecule has 0 bridgehead atoms. The van der Waals surface area contributed by atoms with Gasteiger partial charge >= 0.3 is 6.02 Å². The third-order valence-electron chi connectivity index (χ3n) is 3.88. The minimum Gasteiger partial charge on any atom is -0.474 e. The number of amidine groups is 1. The van der Waals surface area contributed by atoms with E-state index in [2.05, 4.69) is 15.0 Å². The molecule has 0 aliphatic carbocycles. The Morgan fingerprint density at radius 1 is 1.24 bits per heavy atom. The zero-order valence-electron chi connectivity index (χ0n) is 14.0. The molecule has 7 heteroatoms. The van der Waals surface area contributed by atoms with Crippen molar-refractivity contribution in [2.45, 2.75) is 25.9 Å². The van der Waals surface area contributed by atoms with Crippen molar-refractivity contribution in [2.75, 3.05) is 13.1 Å². The summed E-state index contributed by atoms with van der Waals surface area (Å²) < 4.78 is 11.7. The number of piperidine rings is 1. The maximum atomic E-state index is 8.94. The van der Waals surface area contributed by atoms with Crippen molar-refractivity contribution in [3.05, 3.63) is 48.4 Å². The van der Waals surface area contributed by atoms with Crippen LogP contribution in [-0.4, -0.2) is 40.1 Å². The van der Waals surface area contributed by atoms with Crippen molar-refractivity contribution in [2.24, 2.45) is 4.99 Å². The van der Waals surface area contributed by atoms with E-state index in [9.17, 15) is 0 Å². The molecule has 25 heavy (non-hydrogen) atoms. The summed E-state index contributed by atoms with van der Waals surface area (Å²) in [5.74, 6) is 1.25. The number of aryl methyl sites for hydroxylation is 1. The molecule has 1 aromatic carbocycles. The molecule has 0 unspecified atom stereocenters. The van der Waals surface area contributed by atoms with E-state index in [0.717, 1.165) is 18.5 Å². The fourth-order valence-corrected chi connectivity index (χ4v) is 2.63.